The highest BCUT2D eigenvalue weighted by Crippen LogP contribution is 2.44. The summed E-state index contributed by atoms with van der Waals surface area (Å²) in [6.07, 6.45) is -4.93. The Morgan fingerprint density at radius 2 is 1.88 bits per heavy atom. The number of hydrogen-bond acceptors (Lipinski definition) is 5. The first-order chi connectivity index (χ1) is 11.4. The van der Waals surface area contributed by atoms with Crippen molar-refractivity contribution in [3.8, 4) is 0 Å². The minimum atomic E-state index is -4.85. The van der Waals surface area contributed by atoms with Gasteiger partial charge >= 0.3 is 12.3 Å². The third-order valence-electron chi connectivity index (χ3n) is 3.61. The summed E-state index contributed by atoms with van der Waals surface area (Å²) in [5, 5.41) is 12.0. The summed E-state index contributed by atoms with van der Waals surface area (Å²) >= 11 is 0. The molecule has 0 spiro atoms. The number of anilines is 1. The number of para-hydroxylation sites is 1. The number of alkyl halides is 3. The Labute approximate surface area is 142 Å². The van der Waals surface area contributed by atoms with Crippen LogP contribution in [0.25, 0.3) is 0 Å². The van der Waals surface area contributed by atoms with Crippen LogP contribution in [0.4, 0.5) is 29.3 Å². The molecule has 10 heteroatoms. The molecule has 0 radical (unpaired) electrons. The highest BCUT2D eigenvalue weighted by atomic mass is 19.4. The van der Waals surface area contributed by atoms with Crippen molar-refractivity contribution in [2.75, 3.05) is 18.2 Å². The zero-order valence-electron chi connectivity index (χ0n) is 14.0. The molecule has 138 valence electrons. The van der Waals surface area contributed by atoms with Gasteiger partial charge in [0.2, 0.25) is 0 Å². The maximum atomic E-state index is 13.4. The molecule has 0 aliphatic carbocycles. The monoisotopic (exact) mass is 361 g/mol. The zero-order chi connectivity index (χ0) is 19.0. The summed E-state index contributed by atoms with van der Waals surface area (Å²) in [4.78, 5) is 28.9. The lowest BCUT2D eigenvalue weighted by Crippen LogP contribution is -2.50. The van der Waals surface area contributed by atoms with Crippen molar-refractivity contribution >= 4 is 17.5 Å². The molecule has 0 bridgehead atoms. The van der Waals surface area contributed by atoms with Gasteiger partial charge in [-0.15, -0.1) is 0 Å². The Morgan fingerprint density at radius 1 is 1.28 bits per heavy atom. The molecule has 1 aliphatic rings. The number of rotatable bonds is 3. The van der Waals surface area contributed by atoms with Crippen molar-refractivity contribution in [2.45, 2.75) is 38.9 Å². The second-order valence-corrected chi connectivity index (χ2v) is 6.59. The topological polar surface area (TPSA) is 75.9 Å². The SMILES string of the molecule is CC(C)(C)N(OC(=O)N1CCC1)c1c([N+](=O)[O-])cccc1C(F)(F)F. The molecule has 1 aromatic carbocycles. The summed E-state index contributed by atoms with van der Waals surface area (Å²) < 4.78 is 40.2. The number of nitro groups is 1. The summed E-state index contributed by atoms with van der Waals surface area (Å²) in [5.74, 6) is 0. The Kier molecular flexibility index (Phi) is 4.83. The number of nitro benzene ring substituents is 1. The van der Waals surface area contributed by atoms with Gasteiger partial charge in [0.1, 0.15) is 0 Å². The fourth-order valence-electron chi connectivity index (χ4n) is 2.27. The number of hydroxylamine groups is 1. The molecule has 0 unspecified atom stereocenters. The van der Waals surface area contributed by atoms with E-state index in [1.807, 2.05) is 0 Å². The van der Waals surface area contributed by atoms with Gasteiger partial charge in [-0.1, -0.05) is 6.07 Å². The third kappa shape index (κ3) is 3.94. The number of amides is 1. The molecule has 1 fully saturated rings. The van der Waals surface area contributed by atoms with E-state index in [4.69, 9.17) is 4.84 Å². The van der Waals surface area contributed by atoms with Crippen molar-refractivity contribution in [3.05, 3.63) is 33.9 Å². The van der Waals surface area contributed by atoms with E-state index in [9.17, 15) is 28.1 Å². The first kappa shape index (κ1) is 18.8. The number of benzene rings is 1. The molecule has 1 aliphatic heterocycles. The van der Waals surface area contributed by atoms with Crippen LogP contribution < -0.4 is 5.06 Å². The highest BCUT2D eigenvalue weighted by Gasteiger charge is 2.43. The molecule has 0 N–H and O–H groups in total. The zero-order valence-corrected chi connectivity index (χ0v) is 14.0. The number of carbonyl (C=O) groups excluding carboxylic acids is 1. The summed E-state index contributed by atoms with van der Waals surface area (Å²) in [7, 11) is 0. The Morgan fingerprint density at radius 3 is 2.28 bits per heavy atom. The maximum absolute atomic E-state index is 13.4. The van der Waals surface area contributed by atoms with Gasteiger partial charge in [0.15, 0.2) is 5.69 Å². The predicted octanol–water partition coefficient (Wildman–Crippen LogP) is 3.98. The predicted molar refractivity (Wildman–Crippen MR) is 83.0 cm³/mol. The van der Waals surface area contributed by atoms with E-state index < -0.39 is 39.7 Å². The smallest absolute Gasteiger partial charge is 0.321 e. The lowest BCUT2D eigenvalue weighted by Gasteiger charge is -2.38. The van der Waals surface area contributed by atoms with E-state index in [1.165, 1.54) is 25.7 Å². The van der Waals surface area contributed by atoms with Crippen molar-refractivity contribution < 1.29 is 27.7 Å². The van der Waals surface area contributed by atoms with Crippen molar-refractivity contribution in [3.63, 3.8) is 0 Å². The van der Waals surface area contributed by atoms with Gasteiger partial charge in [-0.3, -0.25) is 10.1 Å². The van der Waals surface area contributed by atoms with E-state index in [0.717, 1.165) is 24.6 Å². The van der Waals surface area contributed by atoms with Crippen molar-refractivity contribution in [1.82, 2.24) is 4.90 Å². The standard InChI is InChI=1S/C15H18F3N3O4/c1-14(2,3)20(25-13(22)19-8-5-9-19)12-10(15(16,17)18)6-4-7-11(12)21(23)24/h4,6-7H,5,8-9H2,1-3H3. The molecule has 1 aromatic rings. The van der Waals surface area contributed by atoms with Crippen LogP contribution in [0.2, 0.25) is 0 Å². The third-order valence-corrected chi connectivity index (χ3v) is 3.61. The molecule has 7 nitrogen and oxygen atoms in total. The number of halogens is 3. The lowest BCUT2D eigenvalue weighted by molar-refractivity contribution is -0.384. The highest BCUT2D eigenvalue weighted by molar-refractivity contribution is 5.74. The second-order valence-electron chi connectivity index (χ2n) is 6.59. The van der Waals surface area contributed by atoms with E-state index in [2.05, 4.69) is 0 Å². The van der Waals surface area contributed by atoms with Crippen LogP contribution in [0, 0.1) is 10.1 Å². The minimum absolute atomic E-state index is 0.430. The quantitative estimate of drug-likeness (QED) is 0.601. The maximum Gasteiger partial charge on any atom is 0.434 e. The van der Waals surface area contributed by atoms with Crippen LogP contribution in [-0.2, 0) is 11.0 Å². The van der Waals surface area contributed by atoms with E-state index in [0.29, 0.717) is 18.2 Å². The molecular weight excluding hydrogens is 343 g/mol. The van der Waals surface area contributed by atoms with Gasteiger partial charge < -0.3 is 9.74 Å². The van der Waals surface area contributed by atoms with Gasteiger partial charge in [-0.2, -0.15) is 18.2 Å². The van der Waals surface area contributed by atoms with E-state index >= 15 is 0 Å². The molecule has 1 heterocycles. The summed E-state index contributed by atoms with van der Waals surface area (Å²) in [5.41, 5.74) is -3.97. The van der Waals surface area contributed by atoms with Gasteiger partial charge in [0, 0.05) is 19.2 Å². The van der Waals surface area contributed by atoms with Gasteiger partial charge in [0.05, 0.1) is 16.0 Å². The number of carbonyl (C=O) groups is 1. The summed E-state index contributed by atoms with van der Waals surface area (Å²) in [6.45, 7) is 5.34. The Bertz CT molecular complexity index is 682. The minimum Gasteiger partial charge on any atom is -0.321 e. The molecule has 2 rings (SSSR count). The molecule has 0 saturated carbocycles. The van der Waals surface area contributed by atoms with Gasteiger partial charge in [0.25, 0.3) is 5.69 Å². The average molecular weight is 361 g/mol. The molecular formula is C15H18F3N3O4. The van der Waals surface area contributed by atoms with E-state index in [-0.39, 0.29) is 0 Å². The van der Waals surface area contributed by atoms with E-state index in [1.54, 1.807) is 0 Å². The Balaban J connectivity index is 2.58. The molecule has 0 aromatic heterocycles. The number of nitrogens with zero attached hydrogens (tertiary/aromatic N) is 3. The number of hydrogen-bond donors (Lipinski definition) is 0. The van der Waals surface area contributed by atoms with Crippen LogP contribution in [0.1, 0.15) is 32.8 Å². The van der Waals surface area contributed by atoms with Crippen molar-refractivity contribution in [1.29, 1.82) is 0 Å². The molecule has 25 heavy (non-hydrogen) atoms. The van der Waals surface area contributed by atoms with Crippen LogP contribution in [0.5, 0.6) is 0 Å². The van der Waals surface area contributed by atoms with Crippen LogP contribution in [0.15, 0.2) is 18.2 Å². The molecule has 0 atom stereocenters. The fourth-order valence-corrected chi connectivity index (χ4v) is 2.27. The lowest BCUT2D eigenvalue weighted by atomic mass is 10.0. The summed E-state index contributed by atoms with van der Waals surface area (Å²) in [6, 6.07) is 2.61. The van der Waals surface area contributed by atoms with Crippen LogP contribution in [-0.4, -0.2) is 34.5 Å². The number of likely N-dealkylation sites (tertiary alicyclic amines) is 1. The molecule has 1 saturated heterocycles. The second kappa shape index (κ2) is 6.41. The first-order valence-electron chi connectivity index (χ1n) is 7.54. The molecule has 1 amide bonds. The van der Waals surface area contributed by atoms with Crippen molar-refractivity contribution in [2.24, 2.45) is 0 Å². The van der Waals surface area contributed by atoms with Crippen LogP contribution >= 0.6 is 0 Å². The fraction of sp³-hybridized carbons (Fsp3) is 0.533. The van der Waals surface area contributed by atoms with Gasteiger partial charge in [-0.25, -0.2) is 4.79 Å². The van der Waals surface area contributed by atoms with Crippen LogP contribution in [0.3, 0.4) is 0 Å². The largest absolute Gasteiger partial charge is 0.434 e. The first-order valence-corrected chi connectivity index (χ1v) is 7.54. The average Bonchev–Trinajstić information content (AvgIpc) is 2.39. The van der Waals surface area contributed by atoms with Gasteiger partial charge in [-0.05, 0) is 33.3 Å². The normalized spacial score (nSPS) is 14.7. The Hall–Kier alpha value is -2.52.